The number of anilines is 1. The van der Waals surface area contributed by atoms with Crippen molar-refractivity contribution < 1.29 is 17.5 Å². The molecule has 0 amide bonds. The first-order chi connectivity index (χ1) is 13.2. The van der Waals surface area contributed by atoms with Crippen LogP contribution in [0.25, 0.3) is 0 Å². The van der Waals surface area contributed by atoms with Crippen molar-refractivity contribution in [1.82, 2.24) is 9.97 Å². The number of nitrogens with zero attached hydrogens (tertiary/aromatic N) is 2. The van der Waals surface area contributed by atoms with Crippen LogP contribution in [-0.4, -0.2) is 18.4 Å². The molecule has 1 N–H and O–H groups in total. The van der Waals surface area contributed by atoms with E-state index in [0.717, 1.165) is 0 Å². The predicted octanol–water partition coefficient (Wildman–Crippen LogP) is 4.62. The Bertz CT molecular complexity index is 1100. The molecule has 0 aliphatic carbocycles. The van der Waals surface area contributed by atoms with E-state index >= 15 is 0 Å². The van der Waals surface area contributed by atoms with Crippen LogP contribution in [0, 0.1) is 19.7 Å². The van der Waals surface area contributed by atoms with Crippen LogP contribution < -0.4 is 9.46 Å². The third-order valence-electron chi connectivity index (χ3n) is 3.79. The standard InChI is InChI=1S/C19H17ClFN3O3S/c1-12-18(24-28(25,26)11-14-6-5-7-15(20)10-14)13(2)23-19(22-12)27-17-9-4-3-8-16(17)21/h3-10,24H,11H2,1-2H3. The molecule has 1 heterocycles. The minimum Gasteiger partial charge on any atom is -0.421 e. The molecule has 0 fully saturated rings. The van der Waals surface area contributed by atoms with E-state index in [1.165, 1.54) is 18.2 Å². The van der Waals surface area contributed by atoms with Gasteiger partial charge in [0.15, 0.2) is 11.6 Å². The van der Waals surface area contributed by atoms with E-state index in [0.29, 0.717) is 22.0 Å². The van der Waals surface area contributed by atoms with Gasteiger partial charge in [0, 0.05) is 5.02 Å². The Hall–Kier alpha value is -2.71. The van der Waals surface area contributed by atoms with E-state index in [4.69, 9.17) is 16.3 Å². The molecule has 9 heteroatoms. The predicted molar refractivity (Wildman–Crippen MR) is 106 cm³/mol. The van der Waals surface area contributed by atoms with E-state index in [2.05, 4.69) is 14.7 Å². The third kappa shape index (κ3) is 4.96. The van der Waals surface area contributed by atoms with Gasteiger partial charge in [-0.25, -0.2) is 12.8 Å². The molecule has 0 saturated heterocycles. The molecule has 2 aromatic carbocycles. The summed E-state index contributed by atoms with van der Waals surface area (Å²) < 4.78 is 46.6. The first-order valence-corrected chi connectivity index (χ1v) is 10.3. The molecule has 3 aromatic rings. The molecule has 0 saturated carbocycles. The SMILES string of the molecule is Cc1nc(Oc2ccccc2F)nc(C)c1NS(=O)(=O)Cc1cccc(Cl)c1. The molecule has 0 bridgehead atoms. The molecule has 28 heavy (non-hydrogen) atoms. The van der Waals surface area contributed by atoms with Crippen molar-refractivity contribution in [3.05, 3.63) is 76.3 Å². The first-order valence-electron chi connectivity index (χ1n) is 8.26. The Morgan fingerprint density at radius 1 is 1.07 bits per heavy atom. The molecule has 3 rings (SSSR count). The van der Waals surface area contributed by atoms with Gasteiger partial charge in [-0.15, -0.1) is 0 Å². The number of benzene rings is 2. The number of hydrogen-bond donors (Lipinski definition) is 1. The molecule has 0 aliphatic heterocycles. The van der Waals surface area contributed by atoms with Gasteiger partial charge in [0.05, 0.1) is 22.8 Å². The molecule has 0 aliphatic rings. The molecule has 1 aromatic heterocycles. The van der Waals surface area contributed by atoms with Crippen LogP contribution in [0.4, 0.5) is 10.1 Å². The highest BCUT2D eigenvalue weighted by Gasteiger charge is 2.18. The third-order valence-corrected chi connectivity index (χ3v) is 5.26. The summed E-state index contributed by atoms with van der Waals surface area (Å²) in [5.74, 6) is -0.816. The maximum absolute atomic E-state index is 13.7. The molecule has 146 valence electrons. The average molecular weight is 422 g/mol. The second kappa shape index (κ2) is 8.12. The lowest BCUT2D eigenvalue weighted by Crippen LogP contribution is -2.17. The van der Waals surface area contributed by atoms with Crippen LogP contribution in [0.5, 0.6) is 11.8 Å². The minimum atomic E-state index is -3.72. The monoisotopic (exact) mass is 421 g/mol. The van der Waals surface area contributed by atoms with Gasteiger partial charge in [-0.2, -0.15) is 9.97 Å². The zero-order valence-corrected chi connectivity index (χ0v) is 16.7. The second-order valence-corrected chi connectivity index (χ2v) is 8.23. The van der Waals surface area contributed by atoms with Crippen molar-refractivity contribution in [3.8, 4) is 11.8 Å². The van der Waals surface area contributed by atoms with Gasteiger partial charge in [-0.1, -0.05) is 35.9 Å². The van der Waals surface area contributed by atoms with Crippen molar-refractivity contribution >= 4 is 27.3 Å². The van der Waals surface area contributed by atoms with E-state index in [9.17, 15) is 12.8 Å². The highest BCUT2D eigenvalue weighted by molar-refractivity contribution is 7.91. The number of aromatic nitrogens is 2. The highest BCUT2D eigenvalue weighted by Crippen LogP contribution is 2.26. The minimum absolute atomic E-state index is 0.0180. The Kier molecular flexibility index (Phi) is 5.81. The van der Waals surface area contributed by atoms with E-state index in [-0.39, 0.29) is 23.2 Å². The normalized spacial score (nSPS) is 11.3. The lowest BCUT2D eigenvalue weighted by Gasteiger charge is -2.14. The number of ether oxygens (including phenoxy) is 1. The summed E-state index contributed by atoms with van der Waals surface area (Å²) in [7, 11) is -3.72. The van der Waals surface area contributed by atoms with Gasteiger partial charge >= 0.3 is 6.01 Å². The van der Waals surface area contributed by atoms with Gasteiger partial charge < -0.3 is 4.74 Å². The van der Waals surface area contributed by atoms with Crippen LogP contribution in [-0.2, 0) is 15.8 Å². The summed E-state index contributed by atoms with van der Waals surface area (Å²) in [6, 6.07) is 12.4. The second-order valence-electron chi connectivity index (χ2n) is 6.08. The first kappa shape index (κ1) is 20.0. The number of rotatable bonds is 6. The lowest BCUT2D eigenvalue weighted by atomic mass is 10.2. The average Bonchev–Trinajstić information content (AvgIpc) is 2.60. The van der Waals surface area contributed by atoms with Gasteiger partial charge in [-0.05, 0) is 43.7 Å². The summed E-state index contributed by atoms with van der Waals surface area (Å²) in [6.45, 7) is 3.22. The van der Waals surface area contributed by atoms with Crippen molar-refractivity contribution in [2.45, 2.75) is 19.6 Å². The largest absolute Gasteiger partial charge is 0.421 e. The Morgan fingerprint density at radius 2 is 1.75 bits per heavy atom. The number of para-hydroxylation sites is 1. The zero-order chi connectivity index (χ0) is 20.3. The molecule has 6 nitrogen and oxygen atoms in total. The topological polar surface area (TPSA) is 81.2 Å². The molecule has 0 unspecified atom stereocenters. The van der Waals surface area contributed by atoms with Crippen molar-refractivity contribution in [2.24, 2.45) is 0 Å². The van der Waals surface area contributed by atoms with Crippen molar-refractivity contribution in [2.75, 3.05) is 4.72 Å². The number of aryl methyl sites for hydroxylation is 2. The van der Waals surface area contributed by atoms with Gasteiger partial charge in [0.25, 0.3) is 0 Å². The summed E-state index contributed by atoms with van der Waals surface area (Å²) >= 11 is 5.90. The summed E-state index contributed by atoms with van der Waals surface area (Å²) in [6.07, 6.45) is 0. The fourth-order valence-corrected chi connectivity index (χ4v) is 4.05. The van der Waals surface area contributed by atoms with Crippen LogP contribution in [0.2, 0.25) is 5.02 Å². The zero-order valence-electron chi connectivity index (χ0n) is 15.1. The van der Waals surface area contributed by atoms with Crippen LogP contribution in [0.15, 0.2) is 48.5 Å². The van der Waals surface area contributed by atoms with Gasteiger partial charge in [-0.3, -0.25) is 4.72 Å². The Labute approximate surface area is 167 Å². The van der Waals surface area contributed by atoms with E-state index in [1.807, 2.05) is 0 Å². The maximum atomic E-state index is 13.7. The molecule has 0 atom stereocenters. The molecule has 0 radical (unpaired) electrons. The fraction of sp³-hybridized carbons (Fsp3) is 0.158. The van der Waals surface area contributed by atoms with Gasteiger partial charge in [0.1, 0.15) is 0 Å². The number of nitrogens with one attached hydrogen (secondary N) is 1. The van der Waals surface area contributed by atoms with Crippen LogP contribution >= 0.6 is 11.6 Å². The Morgan fingerprint density at radius 3 is 2.39 bits per heavy atom. The fourth-order valence-electron chi connectivity index (χ4n) is 2.54. The lowest BCUT2D eigenvalue weighted by molar-refractivity contribution is 0.409. The van der Waals surface area contributed by atoms with Crippen LogP contribution in [0.1, 0.15) is 17.0 Å². The number of hydrogen-bond acceptors (Lipinski definition) is 5. The van der Waals surface area contributed by atoms with Crippen molar-refractivity contribution in [3.63, 3.8) is 0 Å². The van der Waals surface area contributed by atoms with Crippen molar-refractivity contribution in [1.29, 1.82) is 0 Å². The Balaban J connectivity index is 1.82. The van der Waals surface area contributed by atoms with E-state index in [1.54, 1.807) is 44.2 Å². The quantitative estimate of drug-likeness (QED) is 0.628. The smallest absolute Gasteiger partial charge is 0.322 e. The van der Waals surface area contributed by atoms with Crippen LogP contribution in [0.3, 0.4) is 0 Å². The molecule has 0 spiro atoms. The highest BCUT2D eigenvalue weighted by atomic mass is 35.5. The van der Waals surface area contributed by atoms with Gasteiger partial charge in [0.2, 0.25) is 10.0 Å². The molecular formula is C19H17ClFN3O3S. The molecular weight excluding hydrogens is 405 g/mol. The van der Waals surface area contributed by atoms with E-state index < -0.39 is 15.8 Å². The summed E-state index contributed by atoms with van der Waals surface area (Å²) in [5.41, 5.74) is 1.51. The summed E-state index contributed by atoms with van der Waals surface area (Å²) in [4.78, 5) is 8.26. The number of halogens is 2. The number of sulfonamides is 1. The maximum Gasteiger partial charge on any atom is 0.322 e. The summed E-state index contributed by atoms with van der Waals surface area (Å²) in [5, 5.41) is 0.457.